The monoisotopic (exact) mass is 321 g/mol. The van der Waals surface area contributed by atoms with E-state index in [0.29, 0.717) is 19.1 Å². The highest BCUT2D eigenvalue weighted by Gasteiger charge is 2.47. The standard InChI is InChI=1S/C18H27NO4/c1-21-16-5-2-3-6-17(16)23-9-4-8-19-11-15-7-10-22-14-18(15,12-19)13-20/h2-3,5-6,15,20H,4,7-14H2,1H3/t15-,18+/m0/s1. The highest BCUT2D eigenvalue weighted by atomic mass is 16.5. The van der Waals surface area contributed by atoms with Crippen molar-refractivity contribution in [2.24, 2.45) is 11.3 Å². The molecule has 0 spiro atoms. The average Bonchev–Trinajstić information content (AvgIpc) is 2.98. The van der Waals surface area contributed by atoms with E-state index in [-0.39, 0.29) is 12.0 Å². The maximum atomic E-state index is 9.80. The van der Waals surface area contributed by atoms with Gasteiger partial charge >= 0.3 is 0 Å². The van der Waals surface area contributed by atoms with Gasteiger partial charge in [-0.25, -0.2) is 0 Å². The molecule has 0 aromatic heterocycles. The van der Waals surface area contributed by atoms with Crippen molar-refractivity contribution in [3.8, 4) is 11.5 Å². The molecular weight excluding hydrogens is 294 g/mol. The number of methoxy groups -OCH3 is 1. The van der Waals surface area contributed by atoms with E-state index >= 15 is 0 Å². The number of likely N-dealkylation sites (tertiary alicyclic amines) is 1. The number of ether oxygens (including phenoxy) is 3. The van der Waals surface area contributed by atoms with E-state index < -0.39 is 0 Å². The lowest BCUT2D eigenvalue weighted by molar-refractivity contribution is -0.0560. The largest absolute Gasteiger partial charge is 0.493 e. The summed E-state index contributed by atoms with van der Waals surface area (Å²) in [6.45, 7) is 5.42. The molecule has 2 saturated heterocycles. The van der Waals surface area contributed by atoms with Crippen LogP contribution >= 0.6 is 0 Å². The molecule has 3 rings (SSSR count). The quantitative estimate of drug-likeness (QED) is 0.776. The van der Waals surface area contributed by atoms with Crippen molar-refractivity contribution < 1.29 is 19.3 Å². The van der Waals surface area contributed by atoms with Crippen LogP contribution < -0.4 is 9.47 Å². The van der Waals surface area contributed by atoms with Gasteiger partial charge in [-0.15, -0.1) is 0 Å². The predicted octanol–water partition coefficient (Wildman–Crippen LogP) is 1.79. The summed E-state index contributed by atoms with van der Waals surface area (Å²) in [6.07, 6.45) is 2.03. The van der Waals surface area contributed by atoms with Gasteiger partial charge in [0.15, 0.2) is 11.5 Å². The molecule has 2 heterocycles. The summed E-state index contributed by atoms with van der Waals surface area (Å²) in [6, 6.07) is 7.73. The number of benzene rings is 1. The van der Waals surface area contributed by atoms with Crippen molar-refractivity contribution in [3.05, 3.63) is 24.3 Å². The van der Waals surface area contributed by atoms with Crippen LogP contribution in [0.2, 0.25) is 0 Å². The van der Waals surface area contributed by atoms with Gasteiger partial charge in [0.25, 0.3) is 0 Å². The van der Waals surface area contributed by atoms with Crippen molar-refractivity contribution in [2.75, 3.05) is 53.2 Å². The van der Waals surface area contributed by atoms with Gasteiger partial charge in [-0.2, -0.15) is 0 Å². The summed E-state index contributed by atoms with van der Waals surface area (Å²) in [7, 11) is 1.66. The second-order valence-electron chi connectivity index (χ2n) is 6.65. The van der Waals surface area contributed by atoms with Crippen molar-refractivity contribution in [1.29, 1.82) is 0 Å². The molecule has 0 saturated carbocycles. The molecule has 0 radical (unpaired) electrons. The Morgan fingerprint density at radius 1 is 1.35 bits per heavy atom. The van der Waals surface area contributed by atoms with Crippen molar-refractivity contribution in [1.82, 2.24) is 4.90 Å². The number of nitrogens with zero attached hydrogens (tertiary/aromatic N) is 1. The van der Waals surface area contributed by atoms with Gasteiger partial charge in [0.05, 0.1) is 26.9 Å². The minimum atomic E-state index is -0.0399. The van der Waals surface area contributed by atoms with Crippen LogP contribution in [0.15, 0.2) is 24.3 Å². The number of rotatable bonds is 7. The van der Waals surface area contributed by atoms with E-state index in [1.54, 1.807) is 7.11 Å². The van der Waals surface area contributed by atoms with Gasteiger partial charge < -0.3 is 24.2 Å². The fourth-order valence-corrected chi connectivity index (χ4v) is 3.81. The van der Waals surface area contributed by atoms with E-state index in [4.69, 9.17) is 14.2 Å². The van der Waals surface area contributed by atoms with Gasteiger partial charge in [0, 0.05) is 31.7 Å². The van der Waals surface area contributed by atoms with Gasteiger partial charge in [-0.1, -0.05) is 12.1 Å². The maximum Gasteiger partial charge on any atom is 0.161 e. The molecule has 0 aliphatic carbocycles. The first kappa shape index (κ1) is 16.6. The fourth-order valence-electron chi connectivity index (χ4n) is 3.81. The number of para-hydroxylation sites is 2. The van der Waals surface area contributed by atoms with Crippen molar-refractivity contribution >= 4 is 0 Å². The summed E-state index contributed by atoms with van der Waals surface area (Å²) < 4.78 is 16.7. The molecule has 0 unspecified atom stereocenters. The normalized spacial score (nSPS) is 27.7. The highest BCUT2D eigenvalue weighted by molar-refractivity contribution is 5.39. The Bertz CT molecular complexity index is 510. The second-order valence-corrected chi connectivity index (χ2v) is 6.65. The van der Waals surface area contributed by atoms with Crippen LogP contribution in [0.1, 0.15) is 12.8 Å². The Morgan fingerprint density at radius 2 is 2.17 bits per heavy atom. The number of aliphatic hydroxyl groups is 1. The summed E-state index contributed by atoms with van der Waals surface area (Å²) in [5, 5.41) is 9.80. The fraction of sp³-hybridized carbons (Fsp3) is 0.667. The molecule has 5 nitrogen and oxygen atoms in total. The number of fused-ring (bicyclic) bond motifs is 1. The zero-order valence-corrected chi connectivity index (χ0v) is 13.9. The first-order chi connectivity index (χ1) is 11.3. The Labute approximate surface area is 138 Å². The lowest BCUT2D eigenvalue weighted by Crippen LogP contribution is -2.43. The highest BCUT2D eigenvalue weighted by Crippen LogP contribution is 2.40. The predicted molar refractivity (Wildman–Crippen MR) is 88.0 cm³/mol. The molecule has 2 aliphatic rings. The molecule has 1 N–H and O–H groups in total. The Kier molecular flexibility index (Phi) is 5.41. The number of hydrogen-bond acceptors (Lipinski definition) is 5. The minimum Gasteiger partial charge on any atom is -0.493 e. The molecule has 2 aliphatic heterocycles. The third-order valence-electron chi connectivity index (χ3n) is 5.14. The Balaban J connectivity index is 1.45. The Morgan fingerprint density at radius 3 is 2.91 bits per heavy atom. The van der Waals surface area contributed by atoms with E-state index in [1.807, 2.05) is 24.3 Å². The molecule has 1 aromatic carbocycles. The summed E-state index contributed by atoms with van der Waals surface area (Å²) in [5.74, 6) is 2.14. The van der Waals surface area contributed by atoms with E-state index in [0.717, 1.165) is 50.6 Å². The summed E-state index contributed by atoms with van der Waals surface area (Å²) >= 11 is 0. The summed E-state index contributed by atoms with van der Waals surface area (Å²) in [5.41, 5.74) is -0.0399. The zero-order valence-electron chi connectivity index (χ0n) is 13.9. The summed E-state index contributed by atoms with van der Waals surface area (Å²) in [4.78, 5) is 2.45. The molecule has 1 aromatic rings. The van der Waals surface area contributed by atoms with Crippen LogP contribution in [0.3, 0.4) is 0 Å². The van der Waals surface area contributed by atoms with Crippen LogP contribution in [-0.2, 0) is 4.74 Å². The average molecular weight is 321 g/mol. The van der Waals surface area contributed by atoms with E-state index in [1.165, 1.54) is 0 Å². The van der Waals surface area contributed by atoms with Crippen LogP contribution in [0.4, 0.5) is 0 Å². The van der Waals surface area contributed by atoms with Gasteiger partial charge in [0.1, 0.15) is 0 Å². The third kappa shape index (κ3) is 3.62. The number of hydrogen-bond donors (Lipinski definition) is 1. The van der Waals surface area contributed by atoms with Crippen molar-refractivity contribution in [3.63, 3.8) is 0 Å². The first-order valence-electron chi connectivity index (χ1n) is 8.44. The molecule has 0 amide bonds. The first-order valence-corrected chi connectivity index (χ1v) is 8.44. The van der Waals surface area contributed by atoms with Crippen molar-refractivity contribution in [2.45, 2.75) is 12.8 Å². The minimum absolute atomic E-state index is 0.0399. The SMILES string of the molecule is COc1ccccc1OCCCN1C[C@@H]2CCOC[C@]2(CO)C1. The van der Waals surface area contributed by atoms with Crippen LogP contribution in [-0.4, -0.2) is 63.2 Å². The lowest BCUT2D eigenvalue weighted by atomic mass is 9.76. The van der Waals surface area contributed by atoms with Crippen LogP contribution in [0.5, 0.6) is 11.5 Å². The lowest BCUT2D eigenvalue weighted by Gasteiger charge is -2.36. The maximum absolute atomic E-state index is 9.80. The van der Waals surface area contributed by atoms with E-state index in [9.17, 15) is 5.11 Å². The molecule has 128 valence electrons. The number of aliphatic hydroxyl groups excluding tert-OH is 1. The van der Waals surface area contributed by atoms with Gasteiger partial charge in [0.2, 0.25) is 0 Å². The molecular formula is C18H27NO4. The Hall–Kier alpha value is -1.30. The molecule has 2 fully saturated rings. The van der Waals surface area contributed by atoms with E-state index in [2.05, 4.69) is 4.90 Å². The zero-order chi connectivity index (χ0) is 16.1. The van der Waals surface area contributed by atoms with Crippen LogP contribution in [0.25, 0.3) is 0 Å². The molecule has 23 heavy (non-hydrogen) atoms. The topological polar surface area (TPSA) is 51.2 Å². The smallest absolute Gasteiger partial charge is 0.161 e. The molecule has 5 heteroatoms. The molecule has 0 bridgehead atoms. The third-order valence-corrected chi connectivity index (χ3v) is 5.14. The van der Waals surface area contributed by atoms with Crippen LogP contribution in [0, 0.1) is 11.3 Å². The van der Waals surface area contributed by atoms with Gasteiger partial charge in [-0.05, 0) is 30.9 Å². The second kappa shape index (κ2) is 7.51. The van der Waals surface area contributed by atoms with Gasteiger partial charge in [-0.3, -0.25) is 0 Å². The molecule has 2 atom stereocenters.